The fourth-order valence-corrected chi connectivity index (χ4v) is 0.884. The quantitative estimate of drug-likeness (QED) is 0.677. The van der Waals surface area contributed by atoms with E-state index in [0.717, 1.165) is 0 Å². The molecule has 1 rings (SSSR count). The van der Waals surface area contributed by atoms with Gasteiger partial charge >= 0.3 is 0 Å². The lowest BCUT2D eigenvalue weighted by molar-refractivity contribution is 0.414. The Morgan fingerprint density at radius 3 is 2.64 bits per heavy atom. The lowest BCUT2D eigenvalue weighted by Gasteiger charge is -2.08. The molecule has 0 aliphatic carbocycles. The van der Waals surface area contributed by atoms with Gasteiger partial charge in [-0.25, -0.2) is 4.39 Å². The summed E-state index contributed by atoms with van der Waals surface area (Å²) >= 11 is 0. The number of para-hydroxylation sites is 1. The molecule has 0 bridgehead atoms. The number of alkyl halides is 1. The number of hydrogen-bond donors (Lipinski definition) is 2. The zero-order chi connectivity index (χ0) is 8.27. The first-order chi connectivity index (χ1) is 5.25. The van der Waals surface area contributed by atoms with Gasteiger partial charge in [-0.15, -0.1) is 0 Å². The van der Waals surface area contributed by atoms with E-state index in [-0.39, 0.29) is 5.75 Å². The van der Waals surface area contributed by atoms with E-state index in [1.54, 1.807) is 18.2 Å². The highest BCUT2D eigenvalue weighted by Crippen LogP contribution is 2.21. The lowest BCUT2D eigenvalue weighted by Crippen LogP contribution is -2.11. The molecule has 11 heavy (non-hydrogen) atoms. The van der Waals surface area contributed by atoms with Gasteiger partial charge in [0.1, 0.15) is 12.4 Å². The number of nitrogens with two attached hydrogens (primary N) is 1. The highest BCUT2D eigenvalue weighted by Gasteiger charge is 2.08. The molecule has 0 aromatic heterocycles. The third-order valence-electron chi connectivity index (χ3n) is 1.50. The van der Waals surface area contributed by atoms with E-state index in [9.17, 15) is 4.39 Å². The maximum atomic E-state index is 12.0. The van der Waals surface area contributed by atoms with Crippen molar-refractivity contribution in [2.45, 2.75) is 6.04 Å². The van der Waals surface area contributed by atoms with E-state index >= 15 is 0 Å². The smallest absolute Gasteiger partial charge is 0.120 e. The molecule has 0 amide bonds. The van der Waals surface area contributed by atoms with E-state index in [1.807, 2.05) is 0 Å². The van der Waals surface area contributed by atoms with Crippen molar-refractivity contribution in [2.24, 2.45) is 5.73 Å². The Hall–Kier alpha value is -1.09. The average Bonchev–Trinajstić information content (AvgIpc) is 2.04. The second-order valence-corrected chi connectivity index (χ2v) is 2.32. The zero-order valence-electron chi connectivity index (χ0n) is 6.00. The van der Waals surface area contributed by atoms with Gasteiger partial charge in [0.05, 0.1) is 6.04 Å². The third kappa shape index (κ3) is 1.68. The van der Waals surface area contributed by atoms with Crippen LogP contribution in [0.4, 0.5) is 4.39 Å². The summed E-state index contributed by atoms with van der Waals surface area (Å²) in [6.45, 7) is -0.655. The van der Waals surface area contributed by atoms with E-state index < -0.39 is 12.7 Å². The van der Waals surface area contributed by atoms with Crippen molar-refractivity contribution in [3.8, 4) is 5.75 Å². The predicted octanol–water partition coefficient (Wildman–Crippen LogP) is 1.36. The number of aromatic hydroxyl groups is 1. The predicted molar refractivity (Wildman–Crippen MR) is 41.0 cm³/mol. The normalized spacial score (nSPS) is 12.9. The van der Waals surface area contributed by atoms with Gasteiger partial charge in [-0.1, -0.05) is 18.2 Å². The summed E-state index contributed by atoms with van der Waals surface area (Å²) in [5.74, 6) is 0.0534. The first-order valence-electron chi connectivity index (χ1n) is 3.35. The lowest BCUT2D eigenvalue weighted by atomic mass is 10.1. The molecule has 1 aromatic carbocycles. The first kappa shape index (κ1) is 8.01. The van der Waals surface area contributed by atoms with Crippen molar-refractivity contribution in [1.29, 1.82) is 0 Å². The standard InChI is InChI=1S/C8H10FNO/c9-5-7(10)6-3-1-2-4-8(6)11/h1-4,7,11H,5,10H2/t7-/m0/s1. The Morgan fingerprint density at radius 2 is 2.09 bits per heavy atom. The van der Waals surface area contributed by atoms with Gasteiger partial charge in [0.25, 0.3) is 0 Å². The average molecular weight is 155 g/mol. The molecule has 3 heteroatoms. The Morgan fingerprint density at radius 1 is 1.45 bits per heavy atom. The number of hydrogen-bond acceptors (Lipinski definition) is 2. The van der Waals surface area contributed by atoms with E-state index in [4.69, 9.17) is 10.8 Å². The summed E-state index contributed by atoms with van der Waals surface area (Å²) < 4.78 is 12.0. The van der Waals surface area contributed by atoms with Gasteiger partial charge in [0.2, 0.25) is 0 Å². The summed E-state index contributed by atoms with van der Waals surface area (Å²) in [5.41, 5.74) is 5.81. The maximum absolute atomic E-state index is 12.0. The monoisotopic (exact) mass is 155 g/mol. The molecule has 60 valence electrons. The van der Waals surface area contributed by atoms with Gasteiger partial charge in [0.15, 0.2) is 0 Å². The Labute approximate surface area is 64.5 Å². The molecule has 0 saturated heterocycles. The Bertz CT molecular complexity index is 239. The molecular weight excluding hydrogens is 145 g/mol. The van der Waals surface area contributed by atoms with Crippen LogP contribution in [0.5, 0.6) is 5.75 Å². The van der Waals surface area contributed by atoms with Crippen molar-refractivity contribution >= 4 is 0 Å². The number of phenolic OH excluding ortho intramolecular Hbond substituents is 1. The molecule has 0 unspecified atom stereocenters. The van der Waals surface area contributed by atoms with E-state index in [2.05, 4.69) is 0 Å². The van der Waals surface area contributed by atoms with E-state index in [0.29, 0.717) is 5.56 Å². The van der Waals surface area contributed by atoms with Crippen molar-refractivity contribution in [1.82, 2.24) is 0 Å². The molecule has 3 N–H and O–H groups in total. The van der Waals surface area contributed by atoms with Crippen LogP contribution >= 0.6 is 0 Å². The van der Waals surface area contributed by atoms with Crippen LogP contribution in [0.1, 0.15) is 11.6 Å². The van der Waals surface area contributed by atoms with Crippen LogP contribution < -0.4 is 5.73 Å². The van der Waals surface area contributed by atoms with Crippen LogP contribution in [-0.4, -0.2) is 11.8 Å². The molecular formula is C8H10FNO. The third-order valence-corrected chi connectivity index (χ3v) is 1.50. The molecule has 2 nitrogen and oxygen atoms in total. The van der Waals surface area contributed by atoms with Crippen LogP contribution in [0.15, 0.2) is 24.3 Å². The summed E-state index contributed by atoms with van der Waals surface area (Å²) in [4.78, 5) is 0. The molecule has 0 radical (unpaired) electrons. The number of benzene rings is 1. The topological polar surface area (TPSA) is 46.2 Å². The van der Waals surface area contributed by atoms with Gasteiger partial charge in [-0.05, 0) is 6.07 Å². The second-order valence-electron chi connectivity index (χ2n) is 2.32. The van der Waals surface area contributed by atoms with Crippen LogP contribution in [0.3, 0.4) is 0 Å². The molecule has 1 atom stereocenters. The van der Waals surface area contributed by atoms with Crippen LogP contribution in [0.2, 0.25) is 0 Å². The fourth-order valence-electron chi connectivity index (χ4n) is 0.884. The van der Waals surface area contributed by atoms with Crippen LogP contribution in [0, 0.1) is 0 Å². The minimum atomic E-state index is -0.712. The SMILES string of the molecule is N[C@@H](CF)c1ccccc1O. The second kappa shape index (κ2) is 3.34. The summed E-state index contributed by atoms with van der Waals surface area (Å²) in [6.07, 6.45) is 0. The Kier molecular flexibility index (Phi) is 2.44. The molecule has 0 aliphatic rings. The van der Waals surface area contributed by atoms with Gasteiger partial charge < -0.3 is 10.8 Å². The molecule has 0 fully saturated rings. The minimum Gasteiger partial charge on any atom is -0.508 e. The number of rotatable bonds is 2. The highest BCUT2D eigenvalue weighted by atomic mass is 19.1. The number of phenols is 1. The zero-order valence-corrected chi connectivity index (χ0v) is 6.00. The Balaban J connectivity index is 2.93. The molecule has 0 spiro atoms. The number of halogens is 1. The van der Waals surface area contributed by atoms with Crippen molar-refractivity contribution in [2.75, 3.05) is 6.67 Å². The first-order valence-corrected chi connectivity index (χ1v) is 3.35. The minimum absolute atomic E-state index is 0.0534. The highest BCUT2D eigenvalue weighted by molar-refractivity contribution is 5.34. The molecule has 0 aliphatic heterocycles. The van der Waals surface area contributed by atoms with Crippen molar-refractivity contribution in [3.63, 3.8) is 0 Å². The van der Waals surface area contributed by atoms with Crippen molar-refractivity contribution < 1.29 is 9.50 Å². The summed E-state index contributed by atoms with van der Waals surface area (Å²) in [6, 6.07) is 5.77. The van der Waals surface area contributed by atoms with E-state index in [1.165, 1.54) is 6.07 Å². The summed E-state index contributed by atoms with van der Waals surface area (Å²) in [5, 5.41) is 9.17. The fraction of sp³-hybridized carbons (Fsp3) is 0.250. The molecule has 0 heterocycles. The van der Waals surface area contributed by atoms with Gasteiger partial charge in [0, 0.05) is 5.56 Å². The van der Waals surface area contributed by atoms with Gasteiger partial charge in [-0.2, -0.15) is 0 Å². The molecule has 1 aromatic rings. The largest absolute Gasteiger partial charge is 0.508 e. The van der Waals surface area contributed by atoms with Crippen LogP contribution in [-0.2, 0) is 0 Å². The summed E-state index contributed by atoms with van der Waals surface area (Å²) in [7, 11) is 0. The molecule has 0 saturated carbocycles. The van der Waals surface area contributed by atoms with Crippen molar-refractivity contribution in [3.05, 3.63) is 29.8 Å². The maximum Gasteiger partial charge on any atom is 0.120 e. The van der Waals surface area contributed by atoms with Gasteiger partial charge in [-0.3, -0.25) is 0 Å². The van der Waals surface area contributed by atoms with Crippen LogP contribution in [0.25, 0.3) is 0 Å².